The molecular formula is C13H17NO6S. The summed E-state index contributed by atoms with van der Waals surface area (Å²) in [7, 11) is 0. The molecule has 1 aromatic carbocycles. The zero-order valence-electron chi connectivity index (χ0n) is 11.0. The molecule has 21 heavy (non-hydrogen) atoms. The smallest absolute Gasteiger partial charge is 0.145 e. The molecule has 0 amide bonds. The second kappa shape index (κ2) is 7.21. The molecule has 0 aromatic heterocycles. The molecular weight excluding hydrogens is 298 g/mol. The molecule has 1 heterocycles. The number of ether oxygens (including phenoxy) is 1. The van der Waals surface area contributed by atoms with E-state index in [-0.39, 0.29) is 5.04 Å². The van der Waals surface area contributed by atoms with Gasteiger partial charge in [0.1, 0.15) is 34.9 Å². The Bertz CT molecular complexity index is 483. The summed E-state index contributed by atoms with van der Waals surface area (Å²) in [6.45, 7) is -0.501. The molecule has 5 N–H and O–H groups in total. The summed E-state index contributed by atoms with van der Waals surface area (Å²) >= 11 is 0.897. The van der Waals surface area contributed by atoms with E-state index >= 15 is 0 Å². The Hall–Kier alpha value is -1.16. The van der Waals surface area contributed by atoms with Gasteiger partial charge in [0, 0.05) is 5.56 Å². The van der Waals surface area contributed by atoms with Gasteiger partial charge >= 0.3 is 0 Å². The highest BCUT2D eigenvalue weighted by Gasteiger charge is 2.44. The Morgan fingerprint density at radius 3 is 2.33 bits per heavy atom. The van der Waals surface area contributed by atoms with Gasteiger partial charge in [-0.05, 0) is 0 Å². The Morgan fingerprint density at radius 2 is 1.76 bits per heavy atom. The Kier molecular flexibility index (Phi) is 5.57. The van der Waals surface area contributed by atoms with E-state index in [4.69, 9.17) is 15.1 Å². The van der Waals surface area contributed by atoms with Gasteiger partial charge in [-0.15, -0.1) is 0 Å². The highest BCUT2D eigenvalue weighted by Crippen LogP contribution is 2.30. The number of oxime groups is 1. The Morgan fingerprint density at radius 1 is 1.10 bits per heavy atom. The van der Waals surface area contributed by atoms with Crippen LogP contribution in [0.25, 0.3) is 0 Å². The van der Waals surface area contributed by atoms with E-state index < -0.39 is 36.5 Å². The Labute approximate surface area is 125 Å². The summed E-state index contributed by atoms with van der Waals surface area (Å²) in [5.41, 5.74) is -0.367. The topological polar surface area (TPSA) is 123 Å². The average Bonchev–Trinajstić information content (AvgIpc) is 2.53. The van der Waals surface area contributed by atoms with E-state index in [1.54, 1.807) is 30.3 Å². The maximum atomic E-state index is 9.94. The number of rotatable bonds is 3. The van der Waals surface area contributed by atoms with Crippen molar-refractivity contribution in [3.05, 3.63) is 35.9 Å². The summed E-state index contributed by atoms with van der Waals surface area (Å²) in [6.07, 6.45) is -5.23. The summed E-state index contributed by atoms with van der Waals surface area (Å²) in [5.74, 6) is 0. The fraction of sp³-hybridized carbons (Fsp3) is 0.462. The summed E-state index contributed by atoms with van der Waals surface area (Å²) in [5, 5.41) is 50.9. The van der Waals surface area contributed by atoms with Gasteiger partial charge in [-0.3, -0.25) is 0 Å². The quantitative estimate of drug-likeness (QED) is 0.217. The largest absolute Gasteiger partial charge is 0.410 e. The molecule has 0 aliphatic carbocycles. The lowest BCUT2D eigenvalue weighted by molar-refractivity contribution is -0.205. The average molecular weight is 315 g/mol. The van der Waals surface area contributed by atoms with Crippen molar-refractivity contribution in [2.45, 2.75) is 29.9 Å². The van der Waals surface area contributed by atoms with Crippen molar-refractivity contribution >= 4 is 16.8 Å². The lowest BCUT2D eigenvalue weighted by Crippen LogP contribution is -2.57. The summed E-state index contributed by atoms with van der Waals surface area (Å²) < 4.78 is 5.35. The lowest BCUT2D eigenvalue weighted by atomic mass is 10.0. The minimum absolute atomic E-state index is 0.194. The van der Waals surface area contributed by atoms with Gasteiger partial charge < -0.3 is 30.4 Å². The third kappa shape index (κ3) is 3.54. The maximum Gasteiger partial charge on any atom is 0.145 e. The third-order valence-electron chi connectivity index (χ3n) is 3.19. The van der Waals surface area contributed by atoms with Crippen molar-refractivity contribution in [1.82, 2.24) is 0 Å². The van der Waals surface area contributed by atoms with Crippen LogP contribution in [-0.2, 0) is 4.74 Å². The first kappa shape index (κ1) is 16.2. The van der Waals surface area contributed by atoms with Crippen molar-refractivity contribution in [2.75, 3.05) is 6.61 Å². The normalized spacial score (nSPS) is 33.9. The predicted molar refractivity (Wildman–Crippen MR) is 76.1 cm³/mol. The van der Waals surface area contributed by atoms with Gasteiger partial charge in [-0.2, -0.15) is 0 Å². The predicted octanol–water partition coefficient (Wildman–Crippen LogP) is -0.645. The fourth-order valence-electron chi connectivity index (χ4n) is 2.00. The van der Waals surface area contributed by atoms with E-state index in [2.05, 4.69) is 5.16 Å². The van der Waals surface area contributed by atoms with E-state index in [1.165, 1.54) is 0 Å². The molecule has 1 aromatic rings. The molecule has 8 heteroatoms. The van der Waals surface area contributed by atoms with Gasteiger partial charge in [0.25, 0.3) is 0 Å². The monoisotopic (exact) mass is 315 g/mol. The minimum Gasteiger partial charge on any atom is -0.410 e. The zero-order chi connectivity index (χ0) is 15.4. The highest BCUT2D eigenvalue weighted by molar-refractivity contribution is 8.14. The number of aliphatic hydroxyl groups excluding tert-OH is 4. The zero-order valence-corrected chi connectivity index (χ0v) is 11.8. The number of thioether (sulfide) groups is 1. The van der Waals surface area contributed by atoms with Crippen molar-refractivity contribution < 1.29 is 30.4 Å². The summed E-state index contributed by atoms with van der Waals surface area (Å²) in [6, 6.07) is 8.75. The SMILES string of the molecule is OC[C@H]1O[C@@H](S/C(=N\O)c2ccccc2)[C@H](O)[C@@H](O)[C@H]1O. The number of benzene rings is 1. The molecule has 1 aliphatic heterocycles. The fourth-order valence-corrected chi connectivity index (χ4v) is 3.04. The van der Waals surface area contributed by atoms with Gasteiger partial charge in [-0.25, -0.2) is 0 Å². The van der Waals surface area contributed by atoms with Gasteiger partial charge in [0.05, 0.1) is 6.61 Å². The second-order valence-corrected chi connectivity index (χ2v) is 5.67. The van der Waals surface area contributed by atoms with E-state index in [0.717, 1.165) is 11.8 Å². The van der Waals surface area contributed by atoms with Gasteiger partial charge in [0.15, 0.2) is 0 Å². The molecule has 0 unspecified atom stereocenters. The molecule has 0 spiro atoms. The second-order valence-electron chi connectivity index (χ2n) is 4.59. The number of hydrogen-bond donors (Lipinski definition) is 5. The molecule has 5 atom stereocenters. The first-order valence-corrected chi connectivity index (χ1v) is 7.21. The van der Waals surface area contributed by atoms with Crippen LogP contribution in [0.3, 0.4) is 0 Å². The maximum absolute atomic E-state index is 9.94. The van der Waals surface area contributed by atoms with Crippen LogP contribution in [-0.4, -0.2) is 67.1 Å². The molecule has 1 saturated heterocycles. The number of aliphatic hydroxyl groups is 4. The van der Waals surface area contributed by atoms with Crippen LogP contribution < -0.4 is 0 Å². The lowest BCUT2D eigenvalue weighted by Gasteiger charge is -2.39. The van der Waals surface area contributed by atoms with Gasteiger partial charge in [0.2, 0.25) is 0 Å². The van der Waals surface area contributed by atoms with E-state index in [0.29, 0.717) is 5.56 Å². The molecule has 0 radical (unpaired) electrons. The highest BCUT2D eigenvalue weighted by atomic mass is 32.2. The van der Waals surface area contributed by atoms with Gasteiger partial charge in [-0.1, -0.05) is 47.2 Å². The van der Waals surface area contributed by atoms with Crippen LogP contribution in [0.5, 0.6) is 0 Å². The number of nitrogens with zero attached hydrogens (tertiary/aromatic N) is 1. The Balaban J connectivity index is 2.14. The molecule has 1 fully saturated rings. The molecule has 2 rings (SSSR count). The van der Waals surface area contributed by atoms with Crippen LogP contribution in [0, 0.1) is 0 Å². The third-order valence-corrected chi connectivity index (χ3v) is 4.35. The first-order chi connectivity index (χ1) is 10.1. The van der Waals surface area contributed by atoms with Crippen LogP contribution in [0.15, 0.2) is 35.5 Å². The molecule has 0 bridgehead atoms. The molecule has 1 aliphatic rings. The number of hydrogen-bond acceptors (Lipinski definition) is 8. The van der Waals surface area contributed by atoms with Crippen molar-refractivity contribution in [3.8, 4) is 0 Å². The van der Waals surface area contributed by atoms with Crippen LogP contribution >= 0.6 is 11.8 Å². The molecule has 0 saturated carbocycles. The van der Waals surface area contributed by atoms with E-state index in [1.807, 2.05) is 0 Å². The molecule has 7 nitrogen and oxygen atoms in total. The van der Waals surface area contributed by atoms with Crippen molar-refractivity contribution in [1.29, 1.82) is 0 Å². The van der Waals surface area contributed by atoms with Crippen LogP contribution in [0.2, 0.25) is 0 Å². The summed E-state index contributed by atoms with van der Waals surface area (Å²) in [4.78, 5) is 0. The van der Waals surface area contributed by atoms with Crippen molar-refractivity contribution in [3.63, 3.8) is 0 Å². The minimum atomic E-state index is -1.45. The van der Waals surface area contributed by atoms with Crippen LogP contribution in [0.1, 0.15) is 5.56 Å². The van der Waals surface area contributed by atoms with Crippen LogP contribution in [0.4, 0.5) is 0 Å². The van der Waals surface area contributed by atoms with Crippen molar-refractivity contribution in [2.24, 2.45) is 5.16 Å². The standard InChI is InChI=1S/C13H17NO6S/c15-6-8-9(16)10(17)11(18)13(20-8)21-12(14-19)7-4-2-1-3-5-7/h1-5,8-11,13,15-19H,6H2/b14-12-/t8-,9+,10+,11-,13+/m1/s1. The first-order valence-electron chi connectivity index (χ1n) is 6.33. The van der Waals surface area contributed by atoms with E-state index in [9.17, 15) is 15.3 Å². The molecule has 116 valence electrons.